The number of hydrogen-bond donors (Lipinski definition) is 2. The Bertz CT molecular complexity index is 804. The van der Waals surface area contributed by atoms with Gasteiger partial charge in [0.25, 0.3) is 0 Å². The van der Waals surface area contributed by atoms with Crippen molar-refractivity contribution in [2.24, 2.45) is 5.92 Å². The number of halogens is 5. The maximum Gasteiger partial charge on any atom is 0.418 e. The fourth-order valence-electron chi connectivity index (χ4n) is 3.25. The van der Waals surface area contributed by atoms with Crippen LogP contribution in [0.25, 0.3) is 0 Å². The molecule has 1 heterocycles. The first-order chi connectivity index (χ1) is 12.8. The normalized spacial score (nSPS) is 16.5. The fraction of sp³-hybridized carbons (Fsp3) is 0.350. The number of hydrogen-bond acceptors (Lipinski definition) is 2. The molecule has 1 unspecified atom stereocenters. The van der Waals surface area contributed by atoms with Gasteiger partial charge in [0, 0.05) is 5.02 Å². The number of rotatable bonds is 5. The number of carbonyl (C=O) groups excluding carboxylic acids is 1. The summed E-state index contributed by atoms with van der Waals surface area (Å²) in [5, 5.41) is 5.64. The second-order valence-corrected chi connectivity index (χ2v) is 7.23. The van der Waals surface area contributed by atoms with Crippen molar-refractivity contribution in [3.63, 3.8) is 0 Å². The Kier molecular flexibility index (Phi) is 7.75. The number of carbonyl (C=O) groups is 1. The molecule has 1 atom stereocenters. The number of benzene rings is 2. The van der Waals surface area contributed by atoms with Crippen LogP contribution in [0, 0.1) is 5.92 Å². The molecule has 0 radical (unpaired) electrons. The zero-order chi connectivity index (χ0) is 19.4. The van der Waals surface area contributed by atoms with E-state index in [1.165, 1.54) is 17.7 Å². The molecule has 0 spiro atoms. The molecule has 0 saturated carbocycles. The molecule has 0 bridgehead atoms. The average Bonchev–Trinajstić information content (AvgIpc) is 3.10. The Morgan fingerprint density at radius 2 is 1.82 bits per heavy atom. The van der Waals surface area contributed by atoms with Crippen LogP contribution in [0.4, 0.5) is 18.9 Å². The van der Waals surface area contributed by atoms with E-state index < -0.39 is 17.6 Å². The predicted molar refractivity (Wildman–Crippen MR) is 107 cm³/mol. The molecule has 1 fully saturated rings. The van der Waals surface area contributed by atoms with Crippen LogP contribution < -0.4 is 10.6 Å². The van der Waals surface area contributed by atoms with Crippen molar-refractivity contribution < 1.29 is 18.0 Å². The van der Waals surface area contributed by atoms with Gasteiger partial charge in [0.05, 0.1) is 17.7 Å². The molecule has 1 aliphatic heterocycles. The molecule has 152 valence electrons. The van der Waals surface area contributed by atoms with Gasteiger partial charge in [-0.2, -0.15) is 13.2 Å². The van der Waals surface area contributed by atoms with Crippen LogP contribution in [0.5, 0.6) is 0 Å². The summed E-state index contributed by atoms with van der Waals surface area (Å²) in [6.45, 7) is 2.07. The molecule has 1 saturated heterocycles. The van der Waals surface area contributed by atoms with Gasteiger partial charge in [-0.05, 0) is 61.2 Å². The third kappa shape index (κ3) is 6.12. The van der Waals surface area contributed by atoms with Crippen molar-refractivity contribution in [3.05, 3.63) is 64.2 Å². The average molecular weight is 433 g/mol. The lowest BCUT2D eigenvalue weighted by Crippen LogP contribution is -2.18. The van der Waals surface area contributed by atoms with Crippen molar-refractivity contribution in [2.45, 2.75) is 25.4 Å². The second-order valence-electron chi connectivity index (χ2n) is 6.79. The van der Waals surface area contributed by atoms with Gasteiger partial charge >= 0.3 is 6.18 Å². The number of nitrogens with one attached hydrogen (secondary N) is 2. The Morgan fingerprint density at radius 1 is 1.14 bits per heavy atom. The minimum absolute atomic E-state index is 0. The molecule has 3 rings (SSSR count). The molecule has 1 aliphatic rings. The molecule has 28 heavy (non-hydrogen) atoms. The molecule has 8 heteroatoms. The molecular weight excluding hydrogens is 412 g/mol. The monoisotopic (exact) mass is 432 g/mol. The summed E-state index contributed by atoms with van der Waals surface area (Å²) in [4.78, 5) is 12.2. The molecule has 1 amide bonds. The Morgan fingerprint density at radius 3 is 2.43 bits per heavy atom. The second kappa shape index (κ2) is 9.63. The highest BCUT2D eigenvalue weighted by molar-refractivity contribution is 6.30. The Hall–Kier alpha value is -1.76. The van der Waals surface area contributed by atoms with Crippen LogP contribution in [0.1, 0.15) is 23.1 Å². The van der Waals surface area contributed by atoms with Crippen LogP contribution in [-0.4, -0.2) is 19.0 Å². The van der Waals surface area contributed by atoms with Crippen molar-refractivity contribution in [1.82, 2.24) is 5.32 Å². The van der Waals surface area contributed by atoms with Crippen LogP contribution in [0.2, 0.25) is 5.02 Å². The zero-order valence-electron chi connectivity index (χ0n) is 15.0. The smallest absolute Gasteiger partial charge is 0.325 e. The molecule has 3 nitrogen and oxygen atoms in total. The van der Waals surface area contributed by atoms with Crippen LogP contribution in [-0.2, 0) is 23.8 Å². The quantitative estimate of drug-likeness (QED) is 0.688. The molecule has 2 aromatic carbocycles. The summed E-state index contributed by atoms with van der Waals surface area (Å²) in [7, 11) is 0. The topological polar surface area (TPSA) is 41.1 Å². The maximum atomic E-state index is 13.1. The summed E-state index contributed by atoms with van der Waals surface area (Å²) in [5.74, 6) is 0.125. The first kappa shape index (κ1) is 22.5. The van der Waals surface area contributed by atoms with E-state index in [9.17, 15) is 18.0 Å². The van der Waals surface area contributed by atoms with Gasteiger partial charge in [-0.25, -0.2) is 0 Å². The van der Waals surface area contributed by atoms with Gasteiger partial charge in [-0.15, -0.1) is 12.4 Å². The molecule has 0 aromatic heterocycles. The van der Waals surface area contributed by atoms with E-state index in [0.29, 0.717) is 5.92 Å². The minimum Gasteiger partial charge on any atom is -0.325 e. The van der Waals surface area contributed by atoms with Crippen molar-refractivity contribution in [3.8, 4) is 0 Å². The summed E-state index contributed by atoms with van der Waals surface area (Å²) in [6, 6.07) is 11.0. The summed E-state index contributed by atoms with van der Waals surface area (Å²) in [6.07, 6.45) is -2.44. The van der Waals surface area contributed by atoms with E-state index in [2.05, 4.69) is 10.6 Å². The van der Waals surface area contributed by atoms with Gasteiger partial charge in [0.15, 0.2) is 0 Å². The summed E-state index contributed by atoms with van der Waals surface area (Å²) in [5.41, 5.74) is 0.708. The highest BCUT2D eigenvalue weighted by Crippen LogP contribution is 2.36. The Labute approximate surface area is 173 Å². The third-order valence-corrected chi connectivity index (χ3v) is 4.87. The first-order valence-corrected chi connectivity index (χ1v) is 9.14. The van der Waals surface area contributed by atoms with Gasteiger partial charge in [-0.1, -0.05) is 35.9 Å². The van der Waals surface area contributed by atoms with Crippen LogP contribution in [0.15, 0.2) is 42.5 Å². The van der Waals surface area contributed by atoms with E-state index in [-0.39, 0.29) is 29.5 Å². The number of alkyl halides is 3. The highest BCUT2D eigenvalue weighted by Gasteiger charge is 2.34. The third-order valence-electron chi connectivity index (χ3n) is 4.64. The van der Waals surface area contributed by atoms with Crippen molar-refractivity contribution in [2.75, 3.05) is 18.4 Å². The molecule has 2 N–H and O–H groups in total. The fourth-order valence-corrected chi connectivity index (χ4v) is 3.43. The van der Waals surface area contributed by atoms with Gasteiger partial charge < -0.3 is 10.6 Å². The van der Waals surface area contributed by atoms with Crippen LogP contribution >= 0.6 is 24.0 Å². The van der Waals surface area contributed by atoms with Gasteiger partial charge in [-0.3, -0.25) is 4.79 Å². The molecule has 0 aliphatic carbocycles. The van der Waals surface area contributed by atoms with E-state index in [1.54, 1.807) is 0 Å². The maximum absolute atomic E-state index is 13.1. The lowest BCUT2D eigenvalue weighted by molar-refractivity contribution is -0.137. The summed E-state index contributed by atoms with van der Waals surface area (Å²) < 4.78 is 39.3. The van der Waals surface area contributed by atoms with E-state index >= 15 is 0 Å². The minimum atomic E-state index is -4.59. The van der Waals surface area contributed by atoms with E-state index in [4.69, 9.17) is 11.6 Å². The lowest BCUT2D eigenvalue weighted by atomic mass is 9.97. The van der Waals surface area contributed by atoms with E-state index in [1.807, 2.05) is 24.3 Å². The SMILES string of the molecule is Cl.O=C(Cc1ccc(CC2CCNC2)cc1)Nc1ccc(Cl)cc1C(F)(F)F. The summed E-state index contributed by atoms with van der Waals surface area (Å²) >= 11 is 5.65. The first-order valence-electron chi connectivity index (χ1n) is 8.76. The van der Waals surface area contributed by atoms with Crippen molar-refractivity contribution in [1.29, 1.82) is 0 Å². The van der Waals surface area contributed by atoms with E-state index in [0.717, 1.165) is 37.6 Å². The molecule has 2 aromatic rings. The lowest BCUT2D eigenvalue weighted by Gasteiger charge is -2.14. The van der Waals surface area contributed by atoms with Gasteiger partial charge in [0.1, 0.15) is 0 Å². The highest BCUT2D eigenvalue weighted by atomic mass is 35.5. The Balaban J connectivity index is 0.00000280. The predicted octanol–water partition coefficient (Wildman–Crippen LogP) is 5.11. The van der Waals surface area contributed by atoms with Crippen LogP contribution in [0.3, 0.4) is 0 Å². The largest absolute Gasteiger partial charge is 0.418 e. The number of amides is 1. The van der Waals surface area contributed by atoms with Gasteiger partial charge in [0.2, 0.25) is 5.91 Å². The molecular formula is C20H21Cl2F3N2O. The standard InChI is InChI=1S/C20H20ClF3N2O.ClH/c21-16-5-6-18(17(11-16)20(22,23)24)26-19(27)10-14-3-1-13(2-4-14)9-15-7-8-25-12-15;/h1-6,11,15,25H,7-10,12H2,(H,26,27);1H. The zero-order valence-corrected chi connectivity index (χ0v) is 16.6. The van der Waals surface area contributed by atoms with Crippen molar-refractivity contribution >= 4 is 35.6 Å². The number of anilines is 1.